The number of nitrogens with zero attached hydrogens (tertiary/aromatic N) is 4. The van der Waals surface area contributed by atoms with Crippen LogP contribution >= 0.6 is 11.6 Å². The minimum absolute atomic E-state index is 0.0150. The van der Waals surface area contributed by atoms with Gasteiger partial charge in [0, 0.05) is 11.6 Å². The standard InChI is InChI=1S/C22H17ClF2N4O7S/c1-37(34,35)29-16-5-2-12(6-17(16)28(22(29)33)18(31)9-30)8-27-11-26-20(19(23)21(27)32)36-10-13-3-4-14(24)7-15(13)25/h2-7,11,30H,8-10H2,1H3. The first-order chi connectivity index (χ1) is 17.4. The van der Waals surface area contributed by atoms with E-state index in [1.165, 1.54) is 24.3 Å². The molecule has 0 aliphatic rings. The van der Waals surface area contributed by atoms with E-state index in [-0.39, 0.29) is 35.6 Å². The second-order valence-corrected chi connectivity index (χ2v) is 10.1. The van der Waals surface area contributed by atoms with Gasteiger partial charge in [-0.05, 0) is 29.8 Å². The maximum absolute atomic E-state index is 13.8. The first-order valence-electron chi connectivity index (χ1n) is 10.3. The third kappa shape index (κ3) is 5.03. The maximum atomic E-state index is 13.8. The van der Waals surface area contributed by atoms with Gasteiger partial charge in [-0.3, -0.25) is 14.2 Å². The Bertz CT molecular complexity index is 1780. The normalized spacial score (nSPS) is 11.7. The van der Waals surface area contributed by atoms with Crippen LogP contribution in [0.3, 0.4) is 0 Å². The lowest BCUT2D eigenvalue weighted by Crippen LogP contribution is -2.33. The SMILES string of the molecule is CS(=O)(=O)n1c(=O)n(C(=O)CO)c2cc(Cn3cnc(OCc4ccc(F)cc4F)c(Cl)c3=O)ccc21. The average Bonchev–Trinajstić information content (AvgIpc) is 3.13. The summed E-state index contributed by atoms with van der Waals surface area (Å²) >= 11 is 6.09. The molecule has 37 heavy (non-hydrogen) atoms. The zero-order valence-corrected chi connectivity index (χ0v) is 20.5. The van der Waals surface area contributed by atoms with Gasteiger partial charge in [0.25, 0.3) is 11.5 Å². The van der Waals surface area contributed by atoms with Crippen LogP contribution in [-0.4, -0.2) is 50.4 Å². The van der Waals surface area contributed by atoms with Gasteiger partial charge in [-0.15, -0.1) is 0 Å². The van der Waals surface area contributed by atoms with Crippen LogP contribution in [-0.2, 0) is 23.2 Å². The molecule has 4 rings (SSSR count). The number of fused-ring (bicyclic) bond motifs is 1. The highest BCUT2D eigenvalue weighted by Gasteiger charge is 2.23. The van der Waals surface area contributed by atoms with Gasteiger partial charge in [-0.2, -0.15) is 3.97 Å². The van der Waals surface area contributed by atoms with E-state index in [9.17, 15) is 36.7 Å². The second kappa shape index (κ2) is 9.88. The molecule has 0 aliphatic carbocycles. The third-order valence-electron chi connectivity index (χ3n) is 5.26. The summed E-state index contributed by atoms with van der Waals surface area (Å²) in [5.41, 5.74) is -1.72. The van der Waals surface area contributed by atoms with Gasteiger partial charge in [0.05, 0.1) is 23.8 Å². The molecule has 0 spiro atoms. The van der Waals surface area contributed by atoms with E-state index in [0.29, 0.717) is 20.2 Å². The van der Waals surface area contributed by atoms with Crippen molar-refractivity contribution in [1.82, 2.24) is 18.1 Å². The van der Waals surface area contributed by atoms with Crippen molar-refractivity contribution in [2.75, 3.05) is 12.9 Å². The Labute approximate surface area is 211 Å². The van der Waals surface area contributed by atoms with Crippen molar-refractivity contribution in [3.63, 3.8) is 0 Å². The fourth-order valence-electron chi connectivity index (χ4n) is 3.59. The van der Waals surface area contributed by atoms with Gasteiger partial charge in [-0.25, -0.2) is 31.5 Å². The quantitative estimate of drug-likeness (QED) is 0.361. The highest BCUT2D eigenvalue weighted by Crippen LogP contribution is 2.21. The molecular weight excluding hydrogens is 538 g/mol. The molecule has 194 valence electrons. The van der Waals surface area contributed by atoms with Crippen LogP contribution in [0, 0.1) is 11.6 Å². The number of ether oxygens (including phenoxy) is 1. The number of halogens is 3. The zero-order valence-electron chi connectivity index (χ0n) is 18.9. The zero-order chi connectivity index (χ0) is 27.1. The smallest absolute Gasteiger partial charge is 0.349 e. The number of aromatic nitrogens is 4. The van der Waals surface area contributed by atoms with Crippen LogP contribution in [0.4, 0.5) is 8.78 Å². The summed E-state index contributed by atoms with van der Waals surface area (Å²) in [5.74, 6) is -2.93. The highest BCUT2D eigenvalue weighted by molar-refractivity contribution is 7.89. The number of aliphatic hydroxyl groups is 1. The minimum atomic E-state index is -4.09. The number of hydrogen-bond donors (Lipinski definition) is 1. The summed E-state index contributed by atoms with van der Waals surface area (Å²) in [7, 11) is -4.09. The molecule has 2 aromatic heterocycles. The molecule has 0 atom stereocenters. The largest absolute Gasteiger partial charge is 0.471 e. The number of aliphatic hydroxyl groups excluding tert-OH is 1. The molecule has 15 heteroatoms. The van der Waals surface area contributed by atoms with Crippen molar-refractivity contribution in [2.24, 2.45) is 0 Å². The molecule has 0 saturated heterocycles. The number of benzene rings is 2. The predicted molar refractivity (Wildman–Crippen MR) is 127 cm³/mol. The van der Waals surface area contributed by atoms with Gasteiger partial charge < -0.3 is 9.84 Å². The van der Waals surface area contributed by atoms with E-state index in [4.69, 9.17) is 16.3 Å². The van der Waals surface area contributed by atoms with E-state index in [2.05, 4.69) is 4.98 Å². The van der Waals surface area contributed by atoms with E-state index in [1.807, 2.05) is 0 Å². The Morgan fingerprint density at radius 1 is 1.14 bits per heavy atom. The van der Waals surface area contributed by atoms with E-state index >= 15 is 0 Å². The van der Waals surface area contributed by atoms with Crippen LogP contribution < -0.4 is 16.0 Å². The summed E-state index contributed by atoms with van der Waals surface area (Å²) in [6, 6.07) is 6.92. The molecule has 0 fully saturated rings. The molecule has 1 N–H and O–H groups in total. The molecule has 0 radical (unpaired) electrons. The van der Waals surface area contributed by atoms with Gasteiger partial charge in [0.1, 0.15) is 31.2 Å². The Balaban J connectivity index is 1.67. The van der Waals surface area contributed by atoms with Gasteiger partial charge in [0.2, 0.25) is 15.9 Å². The maximum Gasteiger partial charge on any atom is 0.349 e. The lowest BCUT2D eigenvalue weighted by atomic mass is 10.2. The second-order valence-electron chi connectivity index (χ2n) is 7.84. The molecule has 11 nitrogen and oxygen atoms in total. The van der Waals surface area contributed by atoms with Crippen molar-refractivity contribution in [3.05, 3.63) is 91.3 Å². The molecule has 0 aliphatic heterocycles. The molecule has 0 amide bonds. The van der Waals surface area contributed by atoms with Crippen molar-refractivity contribution in [2.45, 2.75) is 13.2 Å². The van der Waals surface area contributed by atoms with Gasteiger partial charge in [0.15, 0.2) is 5.02 Å². The summed E-state index contributed by atoms with van der Waals surface area (Å²) in [4.78, 5) is 41.5. The number of rotatable bonds is 7. The summed E-state index contributed by atoms with van der Waals surface area (Å²) < 4.78 is 58.5. The predicted octanol–water partition coefficient (Wildman–Crippen LogP) is 1.36. The summed E-state index contributed by atoms with van der Waals surface area (Å²) in [6.45, 7) is -1.57. The Morgan fingerprint density at radius 3 is 2.51 bits per heavy atom. The van der Waals surface area contributed by atoms with Crippen LogP contribution in [0.5, 0.6) is 5.88 Å². The summed E-state index contributed by atoms with van der Waals surface area (Å²) in [6.07, 6.45) is 1.89. The molecule has 4 aromatic rings. The molecule has 0 unspecified atom stereocenters. The van der Waals surface area contributed by atoms with E-state index < -0.39 is 50.4 Å². The highest BCUT2D eigenvalue weighted by atomic mass is 35.5. The lowest BCUT2D eigenvalue weighted by molar-refractivity contribution is 0.0819. The number of hydrogen-bond acceptors (Lipinski definition) is 8. The molecular formula is C22H17ClF2N4O7S. The fourth-order valence-corrected chi connectivity index (χ4v) is 4.68. The van der Waals surface area contributed by atoms with Crippen LogP contribution in [0.1, 0.15) is 15.9 Å². The fraction of sp³-hybridized carbons (Fsp3) is 0.182. The van der Waals surface area contributed by atoms with Crippen molar-refractivity contribution < 1.29 is 31.8 Å². The Morgan fingerprint density at radius 2 is 1.86 bits per heavy atom. The molecule has 2 heterocycles. The monoisotopic (exact) mass is 554 g/mol. The Hall–Kier alpha value is -3.88. The first kappa shape index (κ1) is 26.2. The van der Waals surface area contributed by atoms with Crippen molar-refractivity contribution >= 4 is 38.6 Å². The number of carbonyl (C=O) groups is 1. The Kier molecular flexibility index (Phi) is 6.99. The molecule has 0 bridgehead atoms. The third-order valence-corrected chi connectivity index (χ3v) is 6.60. The van der Waals surface area contributed by atoms with Gasteiger partial charge in [-0.1, -0.05) is 17.7 Å². The number of imidazole rings is 1. The van der Waals surface area contributed by atoms with Crippen molar-refractivity contribution in [3.8, 4) is 5.88 Å². The van der Waals surface area contributed by atoms with E-state index in [0.717, 1.165) is 23.2 Å². The molecule has 0 saturated carbocycles. The van der Waals surface area contributed by atoms with Crippen LogP contribution in [0.15, 0.2) is 52.3 Å². The topological polar surface area (TPSA) is 142 Å². The minimum Gasteiger partial charge on any atom is -0.471 e. The van der Waals surface area contributed by atoms with Crippen LogP contribution in [0.2, 0.25) is 5.02 Å². The first-order valence-corrected chi connectivity index (χ1v) is 12.6. The summed E-state index contributed by atoms with van der Waals surface area (Å²) in [5, 5.41) is 8.82. The van der Waals surface area contributed by atoms with Gasteiger partial charge >= 0.3 is 5.69 Å². The van der Waals surface area contributed by atoms with Crippen molar-refractivity contribution in [1.29, 1.82) is 0 Å². The lowest BCUT2D eigenvalue weighted by Gasteiger charge is -2.11. The number of carbonyl (C=O) groups excluding carboxylic acids is 1. The average molecular weight is 555 g/mol. The molecule has 2 aromatic carbocycles. The van der Waals surface area contributed by atoms with Crippen LogP contribution in [0.25, 0.3) is 11.0 Å². The van der Waals surface area contributed by atoms with E-state index in [1.54, 1.807) is 0 Å².